The van der Waals surface area contributed by atoms with Crippen LogP contribution in [0.3, 0.4) is 0 Å². The molecule has 0 atom stereocenters. The van der Waals surface area contributed by atoms with Gasteiger partial charge in [-0.15, -0.1) is 0 Å². The Labute approximate surface area is 210 Å². The predicted molar refractivity (Wildman–Crippen MR) is 141 cm³/mol. The van der Waals surface area contributed by atoms with Gasteiger partial charge < -0.3 is 16.0 Å². The highest BCUT2D eigenvalue weighted by molar-refractivity contribution is 6.39. The number of rotatable bonds is 6. The van der Waals surface area contributed by atoms with E-state index >= 15 is 0 Å². The van der Waals surface area contributed by atoms with Crippen molar-refractivity contribution in [1.82, 2.24) is 20.3 Å². The first kappa shape index (κ1) is 25.9. The van der Waals surface area contributed by atoms with Gasteiger partial charge in [-0.25, -0.2) is 14.8 Å². The van der Waals surface area contributed by atoms with Gasteiger partial charge >= 0.3 is 6.03 Å². The van der Waals surface area contributed by atoms with Gasteiger partial charge in [0.25, 0.3) is 0 Å². The van der Waals surface area contributed by atoms with Gasteiger partial charge in [-0.05, 0) is 65.8 Å². The highest BCUT2D eigenvalue weighted by atomic mass is 35.5. The number of carbonyl (C=O) groups is 1. The van der Waals surface area contributed by atoms with Crippen molar-refractivity contribution in [3.63, 3.8) is 0 Å². The van der Waals surface area contributed by atoms with Crippen LogP contribution >= 0.6 is 23.2 Å². The number of hydrogen-bond donors (Lipinski definition) is 3. The van der Waals surface area contributed by atoms with Crippen LogP contribution in [0.2, 0.25) is 10.0 Å². The summed E-state index contributed by atoms with van der Waals surface area (Å²) in [4.78, 5) is 28.6. The second kappa shape index (κ2) is 9.90. The molecule has 0 aliphatic carbocycles. The minimum atomic E-state index is -0.435. The molecule has 1 aromatic carbocycles. The minimum Gasteiger partial charge on any atom is -0.339 e. The molecule has 8 nitrogen and oxygen atoms in total. The summed E-state index contributed by atoms with van der Waals surface area (Å²) in [5.41, 5.74) is 6.66. The molecule has 0 aliphatic rings. The average Bonchev–Trinajstić information content (AvgIpc) is 2.71. The van der Waals surface area contributed by atoms with Crippen molar-refractivity contribution in [2.24, 2.45) is 5.73 Å². The summed E-state index contributed by atoms with van der Waals surface area (Å²) in [5, 5.41) is 7.28. The zero-order chi connectivity index (χ0) is 25.3. The Bertz CT molecular complexity index is 1190. The van der Waals surface area contributed by atoms with Gasteiger partial charge in [0.2, 0.25) is 5.95 Å². The third kappa shape index (κ3) is 5.87. The Morgan fingerprint density at radius 3 is 2.35 bits per heavy atom. The maximum atomic E-state index is 12.7. The summed E-state index contributed by atoms with van der Waals surface area (Å²) >= 11 is 13.0. The lowest BCUT2D eigenvalue weighted by Crippen LogP contribution is -2.43. The molecule has 4 N–H and O–H groups in total. The molecule has 3 rings (SSSR count). The molecule has 0 saturated heterocycles. The van der Waals surface area contributed by atoms with Crippen LogP contribution in [0.5, 0.6) is 0 Å². The molecule has 0 aliphatic heterocycles. The lowest BCUT2D eigenvalue weighted by Gasteiger charge is -2.35. The zero-order valence-corrected chi connectivity index (χ0v) is 21.8. The highest BCUT2D eigenvalue weighted by Crippen LogP contribution is 2.39. The number of anilines is 2. The fraction of sp³-hybridized carbons (Fsp3) is 0.417. The van der Waals surface area contributed by atoms with E-state index in [0.29, 0.717) is 44.7 Å². The number of carbonyl (C=O) groups excluding carboxylic acids is 1. The molecular weight excluding hydrogens is 473 g/mol. The summed E-state index contributed by atoms with van der Waals surface area (Å²) in [6, 6.07) is 6.66. The molecule has 34 heavy (non-hydrogen) atoms. The Hall–Kier alpha value is -2.68. The number of aromatic nitrogens is 3. The van der Waals surface area contributed by atoms with Crippen LogP contribution in [0.4, 0.5) is 16.6 Å². The first-order valence-corrected chi connectivity index (χ1v) is 11.7. The van der Waals surface area contributed by atoms with E-state index in [-0.39, 0.29) is 11.4 Å². The van der Waals surface area contributed by atoms with Gasteiger partial charge in [0, 0.05) is 40.8 Å². The SMILES string of the molecule is CN(c1ncc2cc(-c3c(Cl)cccc3Cl)c(NC(=O)NC(C)(C)C)nc2n1)C(C)(C)CCN. The monoisotopic (exact) mass is 503 g/mol. The van der Waals surface area contributed by atoms with E-state index < -0.39 is 11.6 Å². The average molecular weight is 504 g/mol. The molecule has 0 spiro atoms. The predicted octanol–water partition coefficient (Wildman–Crippen LogP) is 5.48. The van der Waals surface area contributed by atoms with E-state index in [9.17, 15) is 4.79 Å². The number of fused-ring (bicyclic) bond motifs is 1. The number of urea groups is 1. The van der Waals surface area contributed by atoms with Crippen LogP contribution in [-0.4, -0.2) is 45.7 Å². The molecule has 0 radical (unpaired) electrons. The molecule has 182 valence electrons. The lowest BCUT2D eigenvalue weighted by atomic mass is 9.99. The Kier molecular flexibility index (Phi) is 7.55. The van der Waals surface area contributed by atoms with Gasteiger partial charge in [0.15, 0.2) is 5.65 Å². The van der Waals surface area contributed by atoms with Crippen molar-refractivity contribution in [2.75, 3.05) is 23.8 Å². The number of amides is 2. The van der Waals surface area contributed by atoms with Crippen molar-refractivity contribution >= 4 is 52.0 Å². The molecule has 10 heteroatoms. The molecular formula is C24H31Cl2N7O. The van der Waals surface area contributed by atoms with E-state index in [1.165, 1.54) is 0 Å². The van der Waals surface area contributed by atoms with Gasteiger partial charge in [-0.1, -0.05) is 29.3 Å². The molecule has 3 aromatic rings. The van der Waals surface area contributed by atoms with Crippen LogP contribution in [0.25, 0.3) is 22.2 Å². The molecule has 0 bridgehead atoms. The van der Waals surface area contributed by atoms with Gasteiger partial charge in [0.1, 0.15) is 5.82 Å². The van der Waals surface area contributed by atoms with Crippen LogP contribution in [0.1, 0.15) is 41.0 Å². The number of halogens is 2. The Morgan fingerprint density at radius 2 is 1.76 bits per heavy atom. The van der Waals surface area contributed by atoms with Crippen LogP contribution in [-0.2, 0) is 0 Å². The van der Waals surface area contributed by atoms with Gasteiger partial charge in [0.05, 0.1) is 10.0 Å². The van der Waals surface area contributed by atoms with Crippen LogP contribution < -0.4 is 21.3 Å². The molecule has 2 aromatic heterocycles. The number of benzene rings is 1. The van der Waals surface area contributed by atoms with E-state index in [1.807, 2.05) is 38.8 Å². The number of nitrogens with two attached hydrogens (primary N) is 1. The Balaban J connectivity index is 2.16. The summed E-state index contributed by atoms with van der Waals surface area (Å²) < 4.78 is 0. The maximum Gasteiger partial charge on any atom is 0.320 e. The van der Waals surface area contributed by atoms with Gasteiger partial charge in [-0.2, -0.15) is 4.98 Å². The van der Waals surface area contributed by atoms with E-state index in [1.54, 1.807) is 24.4 Å². The highest BCUT2D eigenvalue weighted by Gasteiger charge is 2.26. The lowest BCUT2D eigenvalue weighted by molar-refractivity contribution is 0.243. The maximum absolute atomic E-state index is 12.7. The molecule has 2 heterocycles. The third-order valence-corrected chi connectivity index (χ3v) is 6.10. The fourth-order valence-electron chi connectivity index (χ4n) is 3.43. The van der Waals surface area contributed by atoms with Crippen LogP contribution in [0, 0.1) is 0 Å². The largest absolute Gasteiger partial charge is 0.339 e. The van der Waals surface area contributed by atoms with Crippen molar-refractivity contribution < 1.29 is 4.79 Å². The zero-order valence-electron chi connectivity index (χ0n) is 20.3. The van der Waals surface area contributed by atoms with Crippen LogP contribution in [0.15, 0.2) is 30.5 Å². The van der Waals surface area contributed by atoms with E-state index in [4.69, 9.17) is 28.9 Å². The number of hydrogen-bond acceptors (Lipinski definition) is 6. The molecule has 0 unspecified atom stereocenters. The first-order valence-electron chi connectivity index (χ1n) is 11.0. The van der Waals surface area contributed by atoms with Crippen molar-refractivity contribution in [3.8, 4) is 11.1 Å². The minimum absolute atomic E-state index is 0.249. The second-order valence-electron chi connectivity index (χ2n) is 9.80. The normalized spacial score (nSPS) is 12.0. The third-order valence-electron chi connectivity index (χ3n) is 5.47. The smallest absolute Gasteiger partial charge is 0.320 e. The Morgan fingerprint density at radius 1 is 1.12 bits per heavy atom. The number of pyridine rings is 1. The molecule has 0 fully saturated rings. The molecule has 0 saturated carbocycles. The van der Waals surface area contributed by atoms with E-state index in [2.05, 4.69) is 39.4 Å². The topological polar surface area (TPSA) is 109 Å². The fourth-order valence-corrected chi connectivity index (χ4v) is 4.03. The standard InChI is InChI=1S/C24H31Cl2N7O/c1-23(2,3)32-22(34)31-20-15(18-16(25)8-7-9-17(18)26)12-14-13-28-21(30-19(14)29-20)33(6)24(4,5)10-11-27/h7-9,12-13H,10-11,27H2,1-6H3,(H2,28,29,30,31,32,34). The van der Waals surface area contributed by atoms with Crippen molar-refractivity contribution in [2.45, 2.75) is 52.1 Å². The second-order valence-corrected chi connectivity index (χ2v) is 10.6. The summed E-state index contributed by atoms with van der Waals surface area (Å²) in [6.45, 7) is 10.4. The number of nitrogens with zero attached hydrogens (tertiary/aromatic N) is 4. The summed E-state index contributed by atoms with van der Waals surface area (Å²) in [5.74, 6) is 0.796. The van der Waals surface area contributed by atoms with Crippen molar-refractivity contribution in [3.05, 3.63) is 40.5 Å². The van der Waals surface area contributed by atoms with Crippen molar-refractivity contribution in [1.29, 1.82) is 0 Å². The van der Waals surface area contributed by atoms with Gasteiger partial charge in [-0.3, -0.25) is 5.32 Å². The quantitative estimate of drug-likeness (QED) is 0.410. The number of nitrogens with one attached hydrogen (secondary N) is 2. The first-order chi connectivity index (χ1) is 15.8. The molecule has 2 amide bonds. The van der Waals surface area contributed by atoms with E-state index in [0.717, 1.165) is 6.42 Å². The summed E-state index contributed by atoms with van der Waals surface area (Å²) in [7, 11) is 1.92. The summed E-state index contributed by atoms with van der Waals surface area (Å²) in [6.07, 6.45) is 2.47.